The molecule has 3 heterocycles. The zero-order valence-corrected chi connectivity index (χ0v) is 9.30. The molecule has 0 saturated carbocycles. The Morgan fingerprint density at radius 2 is 1.13 bits per heavy atom. The van der Waals surface area contributed by atoms with Crippen molar-refractivity contribution in [1.82, 2.24) is 0 Å². The summed E-state index contributed by atoms with van der Waals surface area (Å²) in [5.74, 6) is -0.564. The van der Waals surface area contributed by atoms with Crippen molar-refractivity contribution >= 4 is 0 Å². The molecule has 3 aliphatic heterocycles. The summed E-state index contributed by atoms with van der Waals surface area (Å²) in [6, 6.07) is 0. The average molecular weight is 212 g/mol. The third kappa shape index (κ3) is 1.81. The van der Waals surface area contributed by atoms with Gasteiger partial charge in [-0.25, -0.2) is 0 Å². The Hall–Kier alpha value is -0.120. The molecule has 3 aliphatic rings. The van der Waals surface area contributed by atoms with E-state index in [1.165, 1.54) is 25.7 Å². The summed E-state index contributed by atoms with van der Waals surface area (Å²) in [5, 5.41) is 0. The van der Waals surface area contributed by atoms with Gasteiger partial charge in [0.1, 0.15) is 0 Å². The molecule has 0 aromatic heterocycles. The molecule has 3 fully saturated rings. The summed E-state index contributed by atoms with van der Waals surface area (Å²) in [6.07, 6.45) is 8.97. The lowest BCUT2D eigenvalue weighted by atomic mass is 9.99. The highest BCUT2D eigenvalue weighted by Gasteiger charge is 2.51. The third-order valence-corrected chi connectivity index (χ3v) is 3.89. The van der Waals surface area contributed by atoms with E-state index >= 15 is 0 Å². The van der Waals surface area contributed by atoms with Gasteiger partial charge >= 0.3 is 0 Å². The second-order valence-corrected chi connectivity index (χ2v) is 5.03. The second-order valence-electron chi connectivity index (χ2n) is 5.03. The molecule has 3 nitrogen and oxygen atoms in total. The average Bonchev–Trinajstić information content (AvgIpc) is 2.60. The second kappa shape index (κ2) is 3.72. The van der Waals surface area contributed by atoms with Crippen LogP contribution in [0.1, 0.15) is 51.4 Å². The standard InChI is InChI=1S/C12H20O3/c1-3-9-13-11(5-1)7-8-12(15-11)6-2-4-10-14-12/h1-10H2. The zero-order valence-electron chi connectivity index (χ0n) is 9.30. The van der Waals surface area contributed by atoms with Crippen molar-refractivity contribution in [2.45, 2.75) is 62.9 Å². The largest absolute Gasteiger partial charge is 0.350 e. The number of ether oxygens (including phenoxy) is 3. The molecule has 0 amide bonds. The SMILES string of the molecule is C1CCC2(CCC3(CCCCO3)O2)OC1. The van der Waals surface area contributed by atoms with Crippen LogP contribution in [-0.4, -0.2) is 24.8 Å². The summed E-state index contributed by atoms with van der Waals surface area (Å²) in [7, 11) is 0. The molecule has 0 radical (unpaired) electrons. The predicted molar refractivity (Wildman–Crippen MR) is 55.4 cm³/mol. The molecule has 2 spiro atoms. The normalized spacial score (nSPS) is 46.4. The molecule has 0 N–H and O–H groups in total. The number of hydrogen-bond acceptors (Lipinski definition) is 3. The quantitative estimate of drug-likeness (QED) is 0.617. The van der Waals surface area contributed by atoms with Crippen molar-refractivity contribution in [2.24, 2.45) is 0 Å². The maximum absolute atomic E-state index is 6.17. The Labute approximate surface area is 91.1 Å². The van der Waals surface area contributed by atoms with Gasteiger partial charge in [0.15, 0.2) is 11.6 Å². The predicted octanol–water partition coefficient (Wildman–Crippen LogP) is 2.59. The first-order valence-electron chi connectivity index (χ1n) is 6.31. The van der Waals surface area contributed by atoms with Crippen LogP contribution in [0.3, 0.4) is 0 Å². The van der Waals surface area contributed by atoms with Gasteiger partial charge in [0.05, 0.1) is 13.2 Å². The summed E-state index contributed by atoms with van der Waals surface area (Å²) in [4.78, 5) is 0. The van der Waals surface area contributed by atoms with Crippen LogP contribution >= 0.6 is 0 Å². The lowest BCUT2D eigenvalue weighted by Crippen LogP contribution is -2.42. The Morgan fingerprint density at radius 3 is 1.53 bits per heavy atom. The van der Waals surface area contributed by atoms with Crippen LogP contribution in [0.4, 0.5) is 0 Å². The van der Waals surface area contributed by atoms with Gasteiger partial charge in [0, 0.05) is 25.7 Å². The van der Waals surface area contributed by atoms with E-state index < -0.39 is 0 Å². The highest BCUT2D eigenvalue weighted by Crippen LogP contribution is 2.47. The maximum Gasteiger partial charge on any atom is 0.171 e. The summed E-state index contributed by atoms with van der Waals surface area (Å²) < 4.78 is 17.9. The number of hydrogen-bond donors (Lipinski definition) is 0. The van der Waals surface area contributed by atoms with E-state index in [-0.39, 0.29) is 11.6 Å². The van der Waals surface area contributed by atoms with Crippen molar-refractivity contribution in [3.05, 3.63) is 0 Å². The summed E-state index contributed by atoms with van der Waals surface area (Å²) in [5.41, 5.74) is 0. The van der Waals surface area contributed by atoms with Gasteiger partial charge < -0.3 is 14.2 Å². The Balaban J connectivity index is 1.70. The summed E-state index contributed by atoms with van der Waals surface area (Å²) >= 11 is 0. The Bertz CT molecular complexity index is 203. The molecule has 3 heteroatoms. The van der Waals surface area contributed by atoms with E-state index in [0.29, 0.717) is 0 Å². The van der Waals surface area contributed by atoms with Gasteiger partial charge in [0.2, 0.25) is 0 Å². The van der Waals surface area contributed by atoms with Gasteiger partial charge in [-0.3, -0.25) is 0 Å². The van der Waals surface area contributed by atoms with Crippen LogP contribution in [0.2, 0.25) is 0 Å². The van der Waals surface area contributed by atoms with E-state index in [9.17, 15) is 0 Å². The van der Waals surface area contributed by atoms with Crippen molar-refractivity contribution in [1.29, 1.82) is 0 Å². The van der Waals surface area contributed by atoms with Gasteiger partial charge in [-0.2, -0.15) is 0 Å². The number of rotatable bonds is 0. The van der Waals surface area contributed by atoms with Gasteiger partial charge in [-0.1, -0.05) is 0 Å². The van der Waals surface area contributed by atoms with Gasteiger partial charge in [-0.05, 0) is 25.7 Å². The Kier molecular flexibility index (Phi) is 2.49. The minimum absolute atomic E-state index is 0.282. The first-order chi connectivity index (χ1) is 7.33. The first-order valence-corrected chi connectivity index (χ1v) is 6.31. The van der Waals surface area contributed by atoms with Gasteiger partial charge in [-0.15, -0.1) is 0 Å². The van der Waals surface area contributed by atoms with Crippen molar-refractivity contribution < 1.29 is 14.2 Å². The molecule has 2 unspecified atom stereocenters. The fourth-order valence-electron chi connectivity index (χ4n) is 3.03. The molecular formula is C12H20O3. The smallest absolute Gasteiger partial charge is 0.171 e. The molecule has 3 saturated heterocycles. The topological polar surface area (TPSA) is 27.7 Å². The van der Waals surface area contributed by atoms with E-state index in [1.54, 1.807) is 0 Å². The van der Waals surface area contributed by atoms with Crippen molar-refractivity contribution in [3.63, 3.8) is 0 Å². The van der Waals surface area contributed by atoms with Crippen LogP contribution in [0.15, 0.2) is 0 Å². The van der Waals surface area contributed by atoms with Crippen molar-refractivity contribution in [3.8, 4) is 0 Å². The van der Waals surface area contributed by atoms with Crippen LogP contribution in [0.5, 0.6) is 0 Å². The lowest BCUT2D eigenvalue weighted by molar-refractivity contribution is -0.337. The molecule has 0 aromatic carbocycles. The van der Waals surface area contributed by atoms with Crippen LogP contribution in [0.25, 0.3) is 0 Å². The zero-order chi connectivity index (χ0) is 10.2. The van der Waals surface area contributed by atoms with Crippen LogP contribution < -0.4 is 0 Å². The molecule has 86 valence electrons. The molecule has 2 atom stereocenters. The van der Waals surface area contributed by atoms with E-state index in [0.717, 1.165) is 38.9 Å². The lowest BCUT2D eigenvalue weighted by Gasteiger charge is -2.38. The molecular weight excluding hydrogens is 192 g/mol. The van der Waals surface area contributed by atoms with E-state index in [4.69, 9.17) is 14.2 Å². The van der Waals surface area contributed by atoms with E-state index in [2.05, 4.69) is 0 Å². The Morgan fingerprint density at radius 1 is 0.600 bits per heavy atom. The molecule has 0 bridgehead atoms. The van der Waals surface area contributed by atoms with E-state index in [1.807, 2.05) is 0 Å². The maximum atomic E-state index is 6.17. The monoisotopic (exact) mass is 212 g/mol. The highest BCUT2D eigenvalue weighted by molar-refractivity contribution is 4.89. The first kappa shape index (κ1) is 10.1. The third-order valence-electron chi connectivity index (χ3n) is 3.89. The molecule has 0 aliphatic carbocycles. The molecule has 0 aromatic rings. The van der Waals surface area contributed by atoms with Crippen molar-refractivity contribution in [2.75, 3.05) is 13.2 Å². The van der Waals surface area contributed by atoms with Crippen LogP contribution in [-0.2, 0) is 14.2 Å². The highest BCUT2D eigenvalue weighted by atomic mass is 16.8. The minimum atomic E-state index is -0.282. The van der Waals surface area contributed by atoms with Gasteiger partial charge in [0.25, 0.3) is 0 Å². The molecule has 15 heavy (non-hydrogen) atoms. The fourth-order valence-corrected chi connectivity index (χ4v) is 3.03. The fraction of sp³-hybridized carbons (Fsp3) is 1.00. The minimum Gasteiger partial charge on any atom is -0.350 e. The molecule has 3 rings (SSSR count). The summed E-state index contributed by atoms with van der Waals surface area (Å²) in [6.45, 7) is 1.71. The van der Waals surface area contributed by atoms with Crippen LogP contribution in [0, 0.1) is 0 Å².